The van der Waals surface area contributed by atoms with E-state index in [4.69, 9.17) is 5.26 Å². The fourth-order valence-corrected chi connectivity index (χ4v) is 2.81. The number of carbonyl (C=O) groups is 1. The lowest BCUT2D eigenvalue weighted by atomic mass is 9.95. The van der Waals surface area contributed by atoms with E-state index in [0.29, 0.717) is 6.42 Å². The minimum absolute atomic E-state index is 0.0699. The van der Waals surface area contributed by atoms with Gasteiger partial charge in [0, 0.05) is 23.4 Å². The molecule has 1 aromatic rings. The van der Waals surface area contributed by atoms with Gasteiger partial charge in [0.25, 0.3) is 0 Å². The molecular weight excluding hydrogens is 318 g/mol. The fraction of sp³-hybridized carbons (Fsp3) is 0.467. The number of nitriles is 1. The summed E-state index contributed by atoms with van der Waals surface area (Å²) in [6, 6.07) is 9.80. The van der Waals surface area contributed by atoms with Crippen molar-refractivity contribution in [2.24, 2.45) is 5.92 Å². The Morgan fingerprint density at radius 1 is 1.40 bits per heavy atom. The molecule has 0 unspecified atom stereocenters. The topological polar surface area (TPSA) is 56.1 Å². The van der Waals surface area contributed by atoms with Gasteiger partial charge in [-0.1, -0.05) is 12.1 Å². The van der Waals surface area contributed by atoms with E-state index in [0.717, 1.165) is 42.6 Å². The summed E-state index contributed by atoms with van der Waals surface area (Å²) in [5.41, 5.74) is 0.824. The third-order valence-electron chi connectivity index (χ3n) is 3.63. The fourth-order valence-electron chi connectivity index (χ4n) is 2.42. The molecule has 0 spiro atoms. The zero-order valence-electron chi connectivity index (χ0n) is 11.3. The summed E-state index contributed by atoms with van der Waals surface area (Å²) in [6.07, 6.45) is 2.29. The molecule has 1 aliphatic rings. The summed E-state index contributed by atoms with van der Waals surface area (Å²) in [5.74, 6) is 0.164. The van der Waals surface area contributed by atoms with Gasteiger partial charge in [0.15, 0.2) is 0 Å². The predicted molar refractivity (Wildman–Crippen MR) is 82.2 cm³/mol. The van der Waals surface area contributed by atoms with Crippen molar-refractivity contribution in [2.75, 3.05) is 25.0 Å². The first-order valence-electron chi connectivity index (χ1n) is 6.85. The van der Waals surface area contributed by atoms with Crippen LogP contribution < -0.4 is 5.32 Å². The van der Waals surface area contributed by atoms with Gasteiger partial charge < -0.3 is 10.2 Å². The van der Waals surface area contributed by atoms with Crippen LogP contribution in [0.1, 0.15) is 19.3 Å². The van der Waals surface area contributed by atoms with Crippen molar-refractivity contribution >= 4 is 27.5 Å². The minimum atomic E-state index is 0.0699. The average Bonchev–Trinajstić information content (AvgIpc) is 2.48. The van der Waals surface area contributed by atoms with E-state index in [9.17, 15) is 4.79 Å². The Labute approximate surface area is 127 Å². The van der Waals surface area contributed by atoms with Gasteiger partial charge in [-0.3, -0.25) is 4.79 Å². The van der Waals surface area contributed by atoms with Crippen LogP contribution >= 0.6 is 15.9 Å². The van der Waals surface area contributed by atoms with Gasteiger partial charge in [0.2, 0.25) is 5.91 Å². The highest BCUT2D eigenvalue weighted by Gasteiger charge is 2.24. The van der Waals surface area contributed by atoms with Crippen LogP contribution in [0.15, 0.2) is 28.7 Å². The molecule has 0 radical (unpaired) electrons. The first-order chi connectivity index (χ1) is 9.70. The van der Waals surface area contributed by atoms with Crippen LogP contribution in [-0.2, 0) is 4.79 Å². The lowest BCUT2D eigenvalue weighted by Crippen LogP contribution is -2.38. The number of nitrogens with one attached hydrogen (secondary N) is 1. The largest absolute Gasteiger partial charge is 0.325 e. The average molecular weight is 336 g/mol. The Bertz CT molecular complexity index is 504. The van der Waals surface area contributed by atoms with Crippen LogP contribution in [0.4, 0.5) is 5.69 Å². The lowest BCUT2D eigenvalue weighted by molar-refractivity contribution is -0.121. The van der Waals surface area contributed by atoms with Crippen molar-refractivity contribution in [1.29, 1.82) is 5.26 Å². The number of halogens is 1. The number of benzene rings is 1. The number of rotatable bonds is 4. The smallest absolute Gasteiger partial charge is 0.227 e. The maximum Gasteiger partial charge on any atom is 0.227 e. The summed E-state index contributed by atoms with van der Waals surface area (Å²) in [6.45, 7) is 2.61. The van der Waals surface area contributed by atoms with Crippen molar-refractivity contribution in [2.45, 2.75) is 19.3 Å². The van der Waals surface area contributed by atoms with E-state index in [1.807, 2.05) is 24.3 Å². The highest BCUT2D eigenvalue weighted by Crippen LogP contribution is 2.24. The first-order valence-corrected chi connectivity index (χ1v) is 7.64. The predicted octanol–water partition coefficient (Wildman–Crippen LogP) is 3.01. The van der Waals surface area contributed by atoms with E-state index in [1.54, 1.807) is 0 Å². The summed E-state index contributed by atoms with van der Waals surface area (Å²) in [4.78, 5) is 14.5. The number of piperidine rings is 1. The molecule has 0 saturated carbocycles. The number of nitrogens with zero attached hydrogens (tertiary/aromatic N) is 2. The molecule has 1 heterocycles. The van der Waals surface area contributed by atoms with Crippen molar-refractivity contribution < 1.29 is 4.79 Å². The second kappa shape index (κ2) is 7.41. The lowest BCUT2D eigenvalue weighted by Gasteiger charge is -2.30. The molecule has 0 bridgehead atoms. The zero-order chi connectivity index (χ0) is 14.4. The third-order valence-corrected chi connectivity index (χ3v) is 4.32. The summed E-state index contributed by atoms with van der Waals surface area (Å²) in [7, 11) is 0. The molecule has 0 aliphatic carbocycles. The van der Waals surface area contributed by atoms with Crippen LogP contribution in [-0.4, -0.2) is 30.4 Å². The third kappa shape index (κ3) is 4.06. The Morgan fingerprint density at radius 3 is 2.75 bits per heavy atom. The van der Waals surface area contributed by atoms with Crippen molar-refractivity contribution in [3.05, 3.63) is 28.7 Å². The van der Waals surface area contributed by atoms with Gasteiger partial charge >= 0.3 is 0 Å². The summed E-state index contributed by atoms with van der Waals surface area (Å²) < 4.78 is 0.903. The molecule has 0 atom stereocenters. The molecule has 1 aromatic carbocycles. The quantitative estimate of drug-likeness (QED) is 0.920. The molecule has 2 rings (SSSR count). The van der Waals surface area contributed by atoms with Gasteiger partial charge in [-0.15, -0.1) is 0 Å². The molecule has 106 valence electrons. The van der Waals surface area contributed by atoms with Gasteiger partial charge in [-0.25, -0.2) is 0 Å². The SMILES string of the molecule is N#CCCN1CCC(C(=O)Nc2ccccc2Br)CC1. The molecule has 5 heteroatoms. The minimum Gasteiger partial charge on any atom is -0.325 e. The number of likely N-dealkylation sites (tertiary alicyclic amines) is 1. The Morgan fingerprint density at radius 2 is 2.10 bits per heavy atom. The number of amides is 1. The second-order valence-electron chi connectivity index (χ2n) is 4.99. The van der Waals surface area contributed by atoms with E-state index in [2.05, 4.69) is 32.2 Å². The number of para-hydroxylation sites is 1. The normalized spacial score (nSPS) is 16.6. The standard InChI is InChI=1S/C15H18BrN3O/c16-13-4-1-2-5-14(13)18-15(20)12-6-10-19(11-7-12)9-3-8-17/h1-2,4-5,12H,3,6-7,9-11H2,(H,18,20). The van der Waals surface area contributed by atoms with Crippen LogP contribution in [0.25, 0.3) is 0 Å². The van der Waals surface area contributed by atoms with Crippen LogP contribution in [0.5, 0.6) is 0 Å². The number of anilines is 1. The van der Waals surface area contributed by atoms with Crippen molar-refractivity contribution in [1.82, 2.24) is 4.90 Å². The molecular formula is C15H18BrN3O. The Kier molecular flexibility index (Phi) is 5.57. The van der Waals surface area contributed by atoms with Gasteiger partial charge in [-0.05, 0) is 54.0 Å². The van der Waals surface area contributed by atoms with Gasteiger partial charge in [0.05, 0.1) is 11.8 Å². The number of hydrogen-bond acceptors (Lipinski definition) is 3. The molecule has 1 aliphatic heterocycles. The maximum atomic E-state index is 12.2. The van der Waals surface area contributed by atoms with E-state index < -0.39 is 0 Å². The molecule has 1 N–H and O–H groups in total. The van der Waals surface area contributed by atoms with Crippen molar-refractivity contribution in [3.8, 4) is 6.07 Å². The van der Waals surface area contributed by atoms with Crippen molar-refractivity contribution in [3.63, 3.8) is 0 Å². The maximum absolute atomic E-state index is 12.2. The van der Waals surface area contributed by atoms with E-state index in [-0.39, 0.29) is 11.8 Å². The highest BCUT2D eigenvalue weighted by atomic mass is 79.9. The highest BCUT2D eigenvalue weighted by molar-refractivity contribution is 9.10. The Balaban J connectivity index is 1.83. The van der Waals surface area contributed by atoms with E-state index >= 15 is 0 Å². The van der Waals surface area contributed by atoms with Crippen LogP contribution in [0.3, 0.4) is 0 Å². The molecule has 4 nitrogen and oxygen atoms in total. The van der Waals surface area contributed by atoms with Gasteiger partial charge in [-0.2, -0.15) is 5.26 Å². The van der Waals surface area contributed by atoms with Crippen LogP contribution in [0, 0.1) is 17.2 Å². The molecule has 1 saturated heterocycles. The monoisotopic (exact) mass is 335 g/mol. The second-order valence-corrected chi connectivity index (χ2v) is 5.85. The molecule has 0 aromatic heterocycles. The first kappa shape index (κ1) is 15.0. The molecule has 1 amide bonds. The summed E-state index contributed by atoms with van der Waals surface area (Å²) in [5, 5.41) is 11.6. The van der Waals surface area contributed by atoms with E-state index in [1.165, 1.54) is 0 Å². The molecule has 20 heavy (non-hydrogen) atoms. The van der Waals surface area contributed by atoms with Crippen LogP contribution in [0.2, 0.25) is 0 Å². The zero-order valence-corrected chi connectivity index (χ0v) is 12.9. The molecule has 1 fully saturated rings. The summed E-state index contributed by atoms with van der Waals surface area (Å²) >= 11 is 3.43. The Hall–Kier alpha value is -1.38. The number of hydrogen-bond donors (Lipinski definition) is 1. The van der Waals surface area contributed by atoms with Gasteiger partial charge in [0.1, 0.15) is 0 Å². The number of carbonyl (C=O) groups excluding carboxylic acids is 1.